The highest BCUT2D eigenvalue weighted by molar-refractivity contribution is 6.14. The van der Waals surface area contributed by atoms with Crippen LogP contribution in [0.2, 0.25) is 0 Å². The maximum atomic E-state index is 10.9. The number of rotatable bonds is 4. The minimum absolute atomic E-state index is 0.531. The second kappa shape index (κ2) is 12.3. The first-order valence-corrected chi connectivity index (χ1v) is 18.7. The molecule has 0 unspecified atom stereocenters. The summed E-state index contributed by atoms with van der Waals surface area (Å²) in [5.74, 6) is 0. The SMILES string of the molecule is [C-]#[N+]c1ccc2c(c1)c1ccc(-n3c4ccccc4c4cc(C#N)ccc43)cc1n2-c1c(C#N)cccc1-c1ccccc1-n1c2ccccc2c2ccccc21. The Morgan fingerprint density at radius 1 is 0.421 bits per heavy atom. The van der Waals surface area contributed by atoms with Crippen molar-refractivity contribution in [3.8, 4) is 40.3 Å². The summed E-state index contributed by atoms with van der Waals surface area (Å²) in [6.07, 6.45) is 0. The van der Waals surface area contributed by atoms with Crippen molar-refractivity contribution in [1.29, 1.82) is 10.5 Å². The van der Waals surface area contributed by atoms with E-state index in [4.69, 9.17) is 6.57 Å². The van der Waals surface area contributed by atoms with Crippen LogP contribution < -0.4 is 0 Å². The molecule has 0 saturated heterocycles. The first-order chi connectivity index (χ1) is 28.2. The fraction of sp³-hybridized carbons (Fsp3) is 0. The van der Waals surface area contributed by atoms with E-state index in [9.17, 15) is 10.5 Å². The lowest BCUT2D eigenvalue weighted by Gasteiger charge is -2.19. The van der Waals surface area contributed by atoms with Gasteiger partial charge in [0, 0.05) is 43.7 Å². The van der Waals surface area contributed by atoms with Gasteiger partial charge in [-0.05, 0) is 78.2 Å². The first-order valence-electron chi connectivity index (χ1n) is 18.7. The molecule has 6 heteroatoms. The van der Waals surface area contributed by atoms with Gasteiger partial charge in [0.2, 0.25) is 0 Å². The van der Waals surface area contributed by atoms with Gasteiger partial charge in [-0.1, -0.05) is 97.1 Å². The zero-order valence-electron chi connectivity index (χ0n) is 30.3. The summed E-state index contributed by atoms with van der Waals surface area (Å²) in [7, 11) is 0. The number of nitrogens with zero attached hydrogens (tertiary/aromatic N) is 6. The summed E-state index contributed by atoms with van der Waals surface area (Å²) in [6.45, 7) is 7.88. The van der Waals surface area contributed by atoms with Crippen molar-refractivity contribution in [3.05, 3.63) is 192 Å². The highest BCUT2D eigenvalue weighted by Crippen LogP contribution is 2.43. The minimum Gasteiger partial charge on any atom is -0.309 e. The third-order valence-corrected chi connectivity index (χ3v) is 11.3. The smallest absolute Gasteiger partial charge is 0.188 e. The van der Waals surface area contributed by atoms with Crippen LogP contribution in [0, 0.1) is 29.2 Å². The molecule has 11 aromatic rings. The summed E-state index contributed by atoms with van der Waals surface area (Å²) < 4.78 is 6.78. The van der Waals surface area contributed by atoms with Gasteiger partial charge in [0.1, 0.15) is 6.07 Å². The van der Waals surface area contributed by atoms with Crippen molar-refractivity contribution in [2.75, 3.05) is 0 Å². The molecule has 3 heterocycles. The molecule has 0 aliphatic heterocycles. The molecule has 6 nitrogen and oxygen atoms in total. The molecular weight excluding hydrogens is 697 g/mol. The quantitative estimate of drug-likeness (QED) is 0.170. The topological polar surface area (TPSA) is 66.7 Å². The van der Waals surface area contributed by atoms with E-state index in [-0.39, 0.29) is 0 Å². The highest BCUT2D eigenvalue weighted by atomic mass is 15.0. The lowest BCUT2D eigenvalue weighted by molar-refractivity contribution is 1.14. The Hall–Kier alpha value is -8.37. The normalized spacial score (nSPS) is 11.5. The average Bonchev–Trinajstić information content (AvgIpc) is 3.90. The molecule has 0 aliphatic rings. The van der Waals surface area contributed by atoms with Gasteiger partial charge in [-0.3, -0.25) is 0 Å². The van der Waals surface area contributed by atoms with Crippen LogP contribution in [-0.2, 0) is 0 Å². The Labute approximate surface area is 326 Å². The molecular formula is C51H28N6. The van der Waals surface area contributed by atoms with Gasteiger partial charge in [-0.25, -0.2) is 4.85 Å². The number of hydrogen-bond donors (Lipinski definition) is 0. The van der Waals surface area contributed by atoms with Crippen molar-refractivity contribution < 1.29 is 0 Å². The van der Waals surface area contributed by atoms with Crippen molar-refractivity contribution in [1.82, 2.24) is 13.7 Å². The van der Waals surface area contributed by atoms with Crippen molar-refractivity contribution in [2.45, 2.75) is 0 Å². The molecule has 8 aromatic carbocycles. The second-order valence-corrected chi connectivity index (χ2v) is 14.2. The molecule has 0 amide bonds. The van der Waals surface area contributed by atoms with E-state index in [0.717, 1.165) is 82.8 Å². The number of benzene rings is 8. The fourth-order valence-electron chi connectivity index (χ4n) is 8.94. The monoisotopic (exact) mass is 724 g/mol. The Morgan fingerprint density at radius 2 is 1.00 bits per heavy atom. The van der Waals surface area contributed by atoms with Gasteiger partial charge in [-0.2, -0.15) is 10.5 Å². The standard InChI is InChI=1S/C51H28N6/c1-54-34-22-26-49-43(28-34)40-24-23-35(55-44-17-6-5-15-39(44)42-27-32(30-52)21-25-48(42)55)29-50(40)57(49)51-33(31-53)11-10-16-41(51)38-14-4-9-20-47(38)56-45-18-7-2-12-36(45)37-13-3-8-19-46(37)56/h2-29H. The van der Waals surface area contributed by atoms with E-state index in [2.05, 4.69) is 140 Å². The van der Waals surface area contributed by atoms with Crippen LogP contribution in [0.1, 0.15) is 11.1 Å². The molecule has 0 aliphatic carbocycles. The number of nitriles is 2. The van der Waals surface area contributed by atoms with Crippen LogP contribution in [-0.4, -0.2) is 13.7 Å². The van der Waals surface area contributed by atoms with Crippen LogP contribution >= 0.6 is 0 Å². The lowest BCUT2D eigenvalue weighted by atomic mass is 9.98. The molecule has 0 fully saturated rings. The Balaban J connectivity index is 1.24. The minimum atomic E-state index is 0.531. The summed E-state index contributed by atoms with van der Waals surface area (Å²) in [4.78, 5) is 3.80. The Morgan fingerprint density at radius 3 is 1.72 bits per heavy atom. The first kappa shape index (κ1) is 32.1. The van der Waals surface area contributed by atoms with Crippen molar-refractivity contribution in [2.24, 2.45) is 0 Å². The van der Waals surface area contributed by atoms with Gasteiger partial charge >= 0.3 is 0 Å². The molecule has 0 atom stereocenters. The molecule has 57 heavy (non-hydrogen) atoms. The maximum absolute atomic E-state index is 10.9. The van der Waals surface area contributed by atoms with E-state index in [1.807, 2.05) is 60.7 Å². The molecule has 0 radical (unpaired) electrons. The molecule has 262 valence electrons. The van der Waals surface area contributed by atoms with Crippen LogP contribution in [0.4, 0.5) is 5.69 Å². The van der Waals surface area contributed by atoms with Gasteiger partial charge in [0.05, 0.1) is 68.2 Å². The zero-order chi connectivity index (χ0) is 38.2. The van der Waals surface area contributed by atoms with E-state index in [1.165, 1.54) is 10.8 Å². The van der Waals surface area contributed by atoms with Crippen molar-refractivity contribution in [3.63, 3.8) is 0 Å². The van der Waals surface area contributed by atoms with E-state index in [0.29, 0.717) is 16.8 Å². The summed E-state index contributed by atoms with van der Waals surface area (Å²) in [6, 6.07) is 62.6. The third-order valence-electron chi connectivity index (χ3n) is 11.3. The molecule has 0 saturated carbocycles. The second-order valence-electron chi connectivity index (χ2n) is 14.2. The van der Waals surface area contributed by atoms with Crippen LogP contribution in [0.15, 0.2) is 170 Å². The van der Waals surface area contributed by atoms with E-state index >= 15 is 0 Å². The molecule has 0 bridgehead atoms. The van der Waals surface area contributed by atoms with Gasteiger partial charge in [0.15, 0.2) is 5.69 Å². The maximum Gasteiger partial charge on any atom is 0.188 e. The number of hydrogen-bond acceptors (Lipinski definition) is 2. The van der Waals surface area contributed by atoms with Crippen LogP contribution in [0.5, 0.6) is 0 Å². The number of fused-ring (bicyclic) bond motifs is 9. The molecule has 0 spiro atoms. The molecule has 11 rings (SSSR count). The van der Waals surface area contributed by atoms with Crippen LogP contribution in [0.25, 0.3) is 98.5 Å². The number of para-hydroxylation sites is 5. The largest absolute Gasteiger partial charge is 0.309 e. The Kier molecular flexibility index (Phi) is 6.95. The van der Waals surface area contributed by atoms with E-state index < -0.39 is 0 Å². The predicted octanol–water partition coefficient (Wildman–Crippen LogP) is 12.9. The predicted molar refractivity (Wildman–Crippen MR) is 231 cm³/mol. The van der Waals surface area contributed by atoms with E-state index in [1.54, 1.807) is 0 Å². The number of aromatic nitrogens is 3. The highest BCUT2D eigenvalue weighted by Gasteiger charge is 2.23. The summed E-state index contributed by atoms with van der Waals surface area (Å²) in [5.41, 5.74) is 12.3. The van der Waals surface area contributed by atoms with Gasteiger partial charge < -0.3 is 13.7 Å². The summed E-state index contributed by atoms with van der Waals surface area (Å²) in [5, 5.41) is 27.0. The van der Waals surface area contributed by atoms with Crippen LogP contribution in [0.3, 0.4) is 0 Å². The fourth-order valence-corrected chi connectivity index (χ4v) is 8.94. The van der Waals surface area contributed by atoms with Gasteiger partial charge in [-0.15, -0.1) is 0 Å². The molecule has 3 aromatic heterocycles. The summed E-state index contributed by atoms with van der Waals surface area (Å²) >= 11 is 0. The van der Waals surface area contributed by atoms with Crippen molar-refractivity contribution >= 4 is 71.1 Å². The zero-order valence-corrected chi connectivity index (χ0v) is 30.3. The van der Waals surface area contributed by atoms with Gasteiger partial charge in [0.25, 0.3) is 0 Å². The lowest BCUT2D eigenvalue weighted by Crippen LogP contribution is -2.04. The Bertz CT molecular complexity index is 3580. The molecule has 0 N–H and O–H groups in total. The average molecular weight is 725 g/mol. The third kappa shape index (κ3) is 4.61.